The van der Waals surface area contributed by atoms with Crippen molar-refractivity contribution >= 4 is 18.5 Å². The predicted molar refractivity (Wildman–Crippen MR) is 80.9 cm³/mol. The normalized spacial score (nSPS) is 34.1. The van der Waals surface area contributed by atoms with E-state index in [1.807, 2.05) is 0 Å². The summed E-state index contributed by atoms with van der Waals surface area (Å²) in [5.41, 5.74) is 3.57. The molecule has 0 N–H and O–H groups in total. The van der Waals surface area contributed by atoms with Crippen molar-refractivity contribution in [3.05, 3.63) is 0 Å². The van der Waals surface area contributed by atoms with Crippen LogP contribution in [0.1, 0.15) is 64.2 Å². The third-order valence-corrected chi connectivity index (χ3v) is 15.8. The molecule has 98 valence electrons. The molecule has 2 saturated carbocycles. The molecular formula is C14H29NSi2. The van der Waals surface area contributed by atoms with Gasteiger partial charge in [0.1, 0.15) is 8.96 Å². The lowest BCUT2D eigenvalue weighted by atomic mass is 9.91. The van der Waals surface area contributed by atoms with Crippen molar-refractivity contribution in [3.63, 3.8) is 0 Å². The second-order valence-corrected chi connectivity index (χ2v) is 13.8. The first-order valence-corrected chi connectivity index (χ1v) is 12.4. The Morgan fingerprint density at radius 2 is 1.18 bits per heavy atom. The molecule has 1 nitrogen and oxygen atoms in total. The van der Waals surface area contributed by atoms with Crippen molar-refractivity contribution < 1.29 is 0 Å². The summed E-state index contributed by atoms with van der Waals surface area (Å²) in [5.74, 6) is 0. The first-order chi connectivity index (χ1) is 8.45. The Morgan fingerprint density at radius 1 is 0.706 bits per heavy atom. The maximum absolute atomic E-state index is 3.20. The van der Waals surface area contributed by atoms with E-state index in [-0.39, 0.29) is 8.96 Å². The van der Waals surface area contributed by atoms with E-state index >= 15 is 0 Å². The van der Waals surface area contributed by atoms with Crippen LogP contribution in [-0.4, -0.2) is 35.1 Å². The molecule has 0 aromatic heterocycles. The maximum atomic E-state index is 3.20. The number of hydrogen-bond acceptors (Lipinski definition) is 1. The van der Waals surface area contributed by atoms with Crippen LogP contribution >= 0.6 is 0 Å². The predicted octanol–water partition coefficient (Wildman–Crippen LogP) is 2.78. The molecule has 0 unspecified atom stereocenters. The van der Waals surface area contributed by atoms with Crippen LogP contribution in [0.2, 0.25) is 11.3 Å². The largest absolute Gasteiger partial charge is 0.321 e. The van der Waals surface area contributed by atoms with E-state index in [1.54, 1.807) is 37.0 Å². The second kappa shape index (κ2) is 6.02. The standard InChI is InChI=1S/C14H29NSi2/c1-3-7-13(8-4-1)15(17-11-16-12-17)14-9-5-2-6-10-14/h13-14,17H,1-12,16H2. The Bertz CT molecular complexity index is 212. The van der Waals surface area contributed by atoms with Crippen LogP contribution in [0.3, 0.4) is 0 Å². The quantitative estimate of drug-likeness (QED) is 0.711. The van der Waals surface area contributed by atoms with Gasteiger partial charge >= 0.3 is 0 Å². The van der Waals surface area contributed by atoms with Crippen LogP contribution in [-0.2, 0) is 0 Å². The number of rotatable bonds is 3. The summed E-state index contributed by atoms with van der Waals surface area (Å²) >= 11 is 0. The summed E-state index contributed by atoms with van der Waals surface area (Å²) in [6.45, 7) is 0. The lowest BCUT2D eigenvalue weighted by Gasteiger charge is -2.49. The van der Waals surface area contributed by atoms with Crippen molar-refractivity contribution in [1.29, 1.82) is 0 Å². The van der Waals surface area contributed by atoms with E-state index in [0.717, 1.165) is 12.1 Å². The Morgan fingerprint density at radius 3 is 1.53 bits per heavy atom. The van der Waals surface area contributed by atoms with Crippen LogP contribution in [0.25, 0.3) is 0 Å². The third-order valence-electron chi connectivity index (χ3n) is 5.49. The zero-order valence-electron chi connectivity index (χ0n) is 11.4. The molecule has 0 spiro atoms. The Kier molecular flexibility index (Phi) is 4.40. The van der Waals surface area contributed by atoms with Gasteiger partial charge in [0.2, 0.25) is 0 Å². The molecule has 0 radical (unpaired) electrons. The van der Waals surface area contributed by atoms with Crippen LogP contribution in [0, 0.1) is 0 Å². The van der Waals surface area contributed by atoms with E-state index < -0.39 is 0 Å². The van der Waals surface area contributed by atoms with E-state index in [4.69, 9.17) is 0 Å². The summed E-state index contributed by atoms with van der Waals surface area (Å²) in [6, 6.07) is 2.11. The zero-order valence-corrected chi connectivity index (χ0v) is 13.9. The molecule has 3 heteroatoms. The van der Waals surface area contributed by atoms with Gasteiger partial charge in [-0.1, -0.05) is 49.9 Å². The molecule has 0 bridgehead atoms. The first kappa shape index (κ1) is 12.4. The average molecular weight is 268 g/mol. The summed E-state index contributed by atoms with van der Waals surface area (Å²) in [5, 5.41) is 0. The molecule has 17 heavy (non-hydrogen) atoms. The molecular weight excluding hydrogens is 238 g/mol. The SMILES string of the molecule is C1CCC(N(C2CCCCC2)[SiH]2C[SiH2]C2)CC1. The van der Waals surface area contributed by atoms with Crippen LogP contribution < -0.4 is 0 Å². The van der Waals surface area contributed by atoms with Gasteiger partial charge in [0.15, 0.2) is 0 Å². The average Bonchev–Trinajstić information content (AvgIpc) is 2.36. The topological polar surface area (TPSA) is 3.24 Å². The van der Waals surface area contributed by atoms with Gasteiger partial charge in [0, 0.05) is 21.6 Å². The van der Waals surface area contributed by atoms with E-state index in [2.05, 4.69) is 4.57 Å². The number of nitrogens with zero attached hydrogens (tertiary/aromatic N) is 1. The van der Waals surface area contributed by atoms with Gasteiger partial charge in [-0.05, 0) is 25.7 Å². The van der Waals surface area contributed by atoms with Gasteiger partial charge in [-0.3, -0.25) is 0 Å². The lowest BCUT2D eigenvalue weighted by molar-refractivity contribution is 0.164. The number of hydrogen-bond donors (Lipinski definition) is 0. The summed E-state index contributed by atoms with van der Waals surface area (Å²) in [7, 11) is 0.0966. The highest BCUT2D eigenvalue weighted by Crippen LogP contribution is 2.34. The fourth-order valence-corrected chi connectivity index (χ4v) is 11.6. The van der Waals surface area contributed by atoms with E-state index in [9.17, 15) is 0 Å². The highest BCUT2D eigenvalue weighted by atomic mass is 28.4. The Balaban J connectivity index is 1.66. The highest BCUT2D eigenvalue weighted by Gasteiger charge is 2.37. The highest BCUT2D eigenvalue weighted by molar-refractivity contribution is 6.84. The van der Waals surface area contributed by atoms with Gasteiger partial charge in [-0.15, -0.1) is 0 Å². The van der Waals surface area contributed by atoms with Crippen molar-refractivity contribution in [3.8, 4) is 0 Å². The van der Waals surface area contributed by atoms with Gasteiger partial charge < -0.3 is 4.57 Å². The van der Waals surface area contributed by atoms with Crippen molar-refractivity contribution in [2.75, 3.05) is 0 Å². The molecule has 3 fully saturated rings. The third kappa shape index (κ3) is 2.87. The lowest BCUT2D eigenvalue weighted by Crippen LogP contribution is -2.57. The van der Waals surface area contributed by atoms with Gasteiger partial charge in [0.25, 0.3) is 0 Å². The molecule has 0 aromatic rings. The minimum Gasteiger partial charge on any atom is -0.321 e. The molecule has 0 atom stereocenters. The smallest absolute Gasteiger partial charge is 0.106 e. The van der Waals surface area contributed by atoms with Crippen molar-refractivity contribution in [2.24, 2.45) is 0 Å². The van der Waals surface area contributed by atoms with Gasteiger partial charge in [-0.25, -0.2) is 0 Å². The summed E-state index contributed by atoms with van der Waals surface area (Å²) < 4.78 is 3.20. The molecule has 3 rings (SSSR count). The minimum atomic E-state index is -0.367. The molecule has 0 aromatic carbocycles. The molecule has 2 aliphatic carbocycles. The first-order valence-electron chi connectivity index (χ1n) is 8.22. The van der Waals surface area contributed by atoms with Gasteiger partial charge in [-0.2, -0.15) is 0 Å². The van der Waals surface area contributed by atoms with E-state index in [1.165, 1.54) is 38.5 Å². The van der Waals surface area contributed by atoms with Crippen LogP contribution in [0.5, 0.6) is 0 Å². The molecule has 1 heterocycles. The fourth-order valence-electron chi connectivity index (χ4n) is 4.34. The second-order valence-electron chi connectivity index (χ2n) is 6.62. The minimum absolute atomic E-state index is 0.367. The molecule has 1 saturated heterocycles. The van der Waals surface area contributed by atoms with Crippen LogP contribution in [0.15, 0.2) is 0 Å². The van der Waals surface area contributed by atoms with Crippen LogP contribution in [0.4, 0.5) is 0 Å². The molecule has 3 aliphatic rings. The molecule has 0 amide bonds. The summed E-state index contributed by atoms with van der Waals surface area (Å²) in [6.07, 6.45) is 15.4. The van der Waals surface area contributed by atoms with E-state index in [0.29, 0.717) is 9.52 Å². The Hall–Kier alpha value is 0.394. The zero-order chi connectivity index (χ0) is 11.5. The van der Waals surface area contributed by atoms with Crippen molar-refractivity contribution in [2.45, 2.75) is 87.6 Å². The van der Waals surface area contributed by atoms with Gasteiger partial charge in [0.05, 0.1) is 0 Å². The van der Waals surface area contributed by atoms with Crippen molar-refractivity contribution in [1.82, 2.24) is 4.57 Å². The monoisotopic (exact) mass is 267 g/mol. The fraction of sp³-hybridized carbons (Fsp3) is 1.00. The Labute approximate surface area is 111 Å². The maximum Gasteiger partial charge on any atom is 0.106 e. The summed E-state index contributed by atoms with van der Waals surface area (Å²) in [4.78, 5) is 0. The molecule has 1 aliphatic heterocycles.